The van der Waals surface area contributed by atoms with Crippen molar-refractivity contribution in [1.82, 2.24) is 4.90 Å². The Bertz CT molecular complexity index is 213. The van der Waals surface area contributed by atoms with E-state index in [4.69, 9.17) is 0 Å². The predicted octanol–water partition coefficient (Wildman–Crippen LogP) is 4.27. The van der Waals surface area contributed by atoms with Crippen molar-refractivity contribution in [3.63, 3.8) is 0 Å². The van der Waals surface area contributed by atoms with Crippen LogP contribution in [0, 0.1) is 5.41 Å². The van der Waals surface area contributed by atoms with Gasteiger partial charge in [-0.2, -0.15) is 0 Å². The standard InChI is InChI=1S/C15H29N/c1-6-8-10-11-12-15(3,4)14-16(5)13-9-7-2/h8,10-12H,6-7,9,13-14H2,1-5H3/b10-8-,12-11-. The van der Waals surface area contributed by atoms with Gasteiger partial charge in [-0.3, -0.25) is 0 Å². The minimum absolute atomic E-state index is 0.264. The molecule has 0 saturated heterocycles. The van der Waals surface area contributed by atoms with Gasteiger partial charge in [0.15, 0.2) is 0 Å². The lowest BCUT2D eigenvalue weighted by Gasteiger charge is -2.27. The first-order valence-corrected chi connectivity index (χ1v) is 6.54. The van der Waals surface area contributed by atoms with E-state index in [1.54, 1.807) is 0 Å². The molecule has 16 heavy (non-hydrogen) atoms. The van der Waals surface area contributed by atoms with Crippen LogP contribution in [0.5, 0.6) is 0 Å². The molecule has 94 valence electrons. The summed E-state index contributed by atoms with van der Waals surface area (Å²) < 4.78 is 0. The summed E-state index contributed by atoms with van der Waals surface area (Å²) in [5, 5.41) is 0. The first-order chi connectivity index (χ1) is 7.52. The Morgan fingerprint density at radius 1 is 1.12 bits per heavy atom. The van der Waals surface area contributed by atoms with Gasteiger partial charge in [0.1, 0.15) is 0 Å². The maximum atomic E-state index is 2.43. The monoisotopic (exact) mass is 223 g/mol. The molecule has 0 aliphatic heterocycles. The fourth-order valence-electron chi connectivity index (χ4n) is 1.79. The number of nitrogens with zero attached hydrogens (tertiary/aromatic N) is 1. The van der Waals surface area contributed by atoms with Crippen LogP contribution in [0.25, 0.3) is 0 Å². The zero-order chi connectivity index (χ0) is 12.4. The summed E-state index contributed by atoms with van der Waals surface area (Å²) in [4.78, 5) is 2.43. The summed E-state index contributed by atoms with van der Waals surface area (Å²) in [5.74, 6) is 0. The molecule has 0 bridgehead atoms. The second-order valence-electron chi connectivity index (χ2n) is 5.28. The largest absolute Gasteiger partial charge is 0.306 e. The van der Waals surface area contributed by atoms with Crippen LogP contribution >= 0.6 is 0 Å². The van der Waals surface area contributed by atoms with Crippen molar-refractivity contribution in [2.24, 2.45) is 5.41 Å². The molecular formula is C15H29N. The molecule has 0 spiro atoms. The molecular weight excluding hydrogens is 194 g/mol. The van der Waals surface area contributed by atoms with Crippen molar-refractivity contribution in [3.8, 4) is 0 Å². The molecule has 0 heterocycles. The number of unbranched alkanes of at least 4 members (excludes halogenated alkanes) is 1. The van der Waals surface area contributed by atoms with E-state index in [-0.39, 0.29) is 5.41 Å². The second kappa shape index (κ2) is 8.58. The Balaban J connectivity index is 4.02. The lowest BCUT2D eigenvalue weighted by Crippen LogP contribution is -2.30. The van der Waals surface area contributed by atoms with E-state index in [0.717, 1.165) is 13.0 Å². The molecule has 0 aromatic heterocycles. The summed E-state index contributed by atoms with van der Waals surface area (Å²) in [6, 6.07) is 0. The molecule has 0 aliphatic rings. The van der Waals surface area contributed by atoms with E-state index in [2.05, 4.69) is 63.9 Å². The van der Waals surface area contributed by atoms with E-state index < -0.39 is 0 Å². The molecule has 0 amide bonds. The first-order valence-electron chi connectivity index (χ1n) is 6.54. The lowest BCUT2D eigenvalue weighted by molar-refractivity contribution is 0.247. The highest BCUT2D eigenvalue weighted by Crippen LogP contribution is 2.18. The molecule has 1 nitrogen and oxygen atoms in total. The van der Waals surface area contributed by atoms with Gasteiger partial charge in [-0.15, -0.1) is 0 Å². The van der Waals surface area contributed by atoms with E-state index >= 15 is 0 Å². The summed E-state index contributed by atoms with van der Waals surface area (Å²) in [5.41, 5.74) is 0.264. The molecule has 0 atom stereocenters. The average Bonchev–Trinajstić information content (AvgIpc) is 2.21. The Labute approximate surface area is 102 Å². The summed E-state index contributed by atoms with van der Waals surface area (Å²) >= 11 is 0. The van der Waals surface area contributed by atoms with Gasteiger partial charge in [0.25, 0.3) is 0 Å². The molecule has 0 aromatic rings. The van der Waals surface area contributed by atoms with Gasteiger partial charge in [0.2, 0.25) is 0 Å². The van der Waals surface area contributed by atoms with Gasteiger partial charge in [0, 0.05) is 6.54 Å². The molecule has 0 aromatic carbocycles. The molecule has 0 fully saturated rings. The van der Waals surface area contributed by atoms with Crippen molar-refractivity contribution in [3.05, 3.63) is 24.3 Å². The van der Waals surface area contributed by atoms with Crippen LogP contribution in [0.2, 0.25) is 0 Å². The van der Waals surface area contributed by atoms with Gasteiger partial charge in [-0.05, 0) is 31.8 Å². The topological polar surface area (TPSA) is 3.24 Å². The van der Waals surface area contributed by atoms with Gasteiger partial charge in [0.05, 0.1) is 0 Å². The molecule has 1 heteroatoms. The van der Waals surface area contributed by atoms with Crippen LogP contribution in [-0.4, -0.2) is 25.0 Å². The Kier molecular flexibility index (Phi) is 8.28. The normalized spacial score (nSPS) is 13.4. The predicted molar refractivity (Wildman–Crippen MR) is 74.8 cm³/mol. The third kappa shape index (κ3) is 8.72. The molecule has 0 saturated carbocycles. The second-order valence-corrected chi connectivity index (χ2v) is 5.28. The average molecular weight is 223 g/mol. The quantitative estimate of drug-likeness (QED) is 0.556. The zero-order valence-corrected chi connectivity index (χ0v) is 11.8. The Morgan fingerprint density at radius 3 is 2.38 bits per heavy atom. The van der Waals surface area contributed by atoms with Gasteiger partial charge in [-0.1, -0.05) is 58.4 Å². The number of allylic oxidation sites excluding steroid dienone is 3. The molecule has 0 N–H and O–H groups in total. The van der Waals surface area contributed by atoms with Gasteiger partial charge >= 0.3 is 0 Å². The van der Waals surface area contributed by atoms with E-state index in [1.807, 2.05) is 0 Å². The van der Waals surface area contributed by atoms with Crippen molar-refractivity contribution in [2.45, 2.75) is 47.0 Å². The maximum Gasteiger partial charge on any atom is 0.00644 e. The summed E-state index contributed by atoms with van der Waals surface area (Å²) in [7, 11) is 2.22. The number of hydrogen-bond acceptors (Lipinski definition) is 1. The van der Waals surface area contributed by atoms with Crippen molar-refractivity contribution < 1.29 is 0 Å². The Morgan fingerprint density at radius 2 is 1.81 bits per heavy atom. The van der Waals surface area contributed by atoms with Crippen LogP contribution < -0.4 is 0 Å². The van der Waals surface area contributed by atoms with Crippen LogP contribution in [-0.2, 0) is 0 Å². The van der Waals surface area contributed by atoms with Gasteiger partial charge in [-0.25, -0.2) is 0 Å². The molecule has 0 rings (SSSR count). The smallest absolute Gasteiger partial charge is 0.00644 e. The zero-order valence-electron chi connectivity index (χ0n) is 11.8. The fraction of sp³-hybridized carbons (Fsp3) is 0.733. The van der Waals surface area contributed by atoms with Crippen LogP contribution in [0.3, 0.4) is 0 Å². The molecule has 0 radical (unpaired) electrons. The highest BCUT2D eigenvalue weighted by atomic mass is 15.1. The third-order valence-corrected chi connectivity index (χ3v) is 2.60. The highest BCUT2D eigenvalue weighted by Gasteiger charge is 2.15. The van der Waals surface area contributed by atoms with E-state index in [1.165, 1.54) is 19.4 Å². The van der Waals surface area contributed by atoms with Crippen molar-refractivity contribution in [1.29, 1.82) is 0 Å². The molecule has 0 aliphatic carbocycles. The third-order valence-electron chi connectivity index (χ3n) is 2.60. The van der Waals surface area contributed by atoms with Gasteiger partial charge < -0.3 is 4.90 Å². The van der Waals surface area contributed by atoms with Crippen molar-refractivity contribution in [2.75, 3.05) is 20.1 Å². The van der Waals surface area contributed by atoms with Crippen LogP contribution in [0.4, 0.5) is 0 Å². The number of hydrogen-bond donors (Lipinski definition) is 0. The SMILES string of the molecule is CC/C=C\C=C/C(C)(C)CN(C)CCCC. The summed E-state index contributed by atoms with van der Waals surface area (Å²) in [6.07, 6.45) is 12.5. The van der Waals surface area contributed by atoms with E-state index in [9.17, 15) is 0 Å². The van der Waals surface area contributed by atoms with Crippen molar-refractivity contribution >= 4 is 0 Å². The summed E-state index contributed by atoms with van der Waals surface area (Å²) in [6.45, 7) is 11.3. The Hall–Kier alpha value is -0.560. The first kappa shape index (κ1) is 15.4. The maximum absolute atomic E-state index is 2.43. The van der Waals surface area contributed by atoms with Crippen LogP contribution in [0.15, 0.2) is 24.3 Å². The lowest BCUT2D eigenvalue weighted by atomic mass is 9.92. The number of rotatable bonds is 8. The highest BCUT2D eigenvalue weighted by molar-refractivity contribution is 5.07. The minimum atomic E-state index is 0.264. The molecule has 0 unspecified atom stereocenters. The fourth-order valence-corrected chi connectivity index (χ4v) is 1.79. The van der Waals surface area contributed by atoms with E-state index in [0.29, 0.717) is 0 Å². The minimum Gasteiger partial charge on any atom is -0.306 e. The van der Waals surface area contributed by atoms with Crippen LogP contribution in [0.1, 0.15) is 47.0 Å².